The molecule has 4 nitrogen and oxygen atoms in total. The van der Waals surface area contributed by atoms with Crippen LogP contribution in [0.2, 0.25) is 0 Å². The van der Waals surface area contributed by atoms with E-state index in [0.29, 0.717) is 13.2 Å². The van der Waals surface area contributed by atoms with Crippen molar-refractivity contribution in [2.75, 3.05) is 6.61 Å². The van der Waals surface area contributed by atoms with Crippen LogP contribution in [0.1, 0.15) is 23.0 Å². The molecule has 0 N–H and O–H groups in total. The highest BCUT2D eigenvalue weighted by Gasteiger charge is 2.50. The van der Waals surface area contributed by atoms with E-state index in [4.69, 9.17) is 18.9 Å². The number of aryl methyl sites for hydroxylation is 1. The fraction of sp³-hybridized carbons (Fsp3) is 0.308. The Kier molecular flexibility index (Phi) is 6.39. The lowest BCUT2D eigenvalue weighted by Crippen LogP contribution is -2.43. The van der Waals surface area contributed by atoms with Crippen LogP contribution in [-0.4, -0.2) is 30.4 Å². The fourth-order valence-electron chi connectivity index (χ4n) is 3.93. The van der Waals surface area contributed by atoms with Gasteiger partial charge >= 0.3 is 0 Å². The minimum absolute atomic E-state index is 0.149. The summed E-state index contributed by atoms with van der Waals surface area (Å²) < 4.78 is 25.2. The SMILES string of the molecule is Cc1ccc(S[C@H]2O[C@@H]3CO[C@@H](c4ccccc4)O[C@H]3[C@@H]2OCc2ccccc2)cc1. The predicted octanol–water partition coefficient (Wildman–Crippen LogP) is 5.51. The fourth-order valence-corrected chi connectivity index (χ4v) is 5.06. The van der Waals surface area contributed by atoms with E-state index >= 15 is 0 Å². The summed E-state index contributed by atoms with van der Waals surface area (Å²) >= 11 is 1.68. The van der Waals surface area contributed by atoms with E-state index in [2.05, 4.69) is 43.3 Å². The highest BCUT2D eigenvalue weighted by atomic mass is 32.2. The van der Waals surface area contributed by atoms with Crippen LogP contribution >= 0.6 is 11.8 Å². The van der Waals surface area contributed by atoms with Crippen molar-refractivity contribution in [1.29, 1.82) is 0 Å². The van der Waals surface area contributed by atoms with Crippen molar-refractivity contribution in [3.05, 3.63) is 102 Å². The minimum atomic E-state index is -0.406. The van der Waals surface area contributed by atoms with Gasteiger partial charge in [0, 0.05) is 10.5 Å². The minimum Gasteiger partial charge on any atom is -0.367 e. The molecule has 0 spiro atoms. The summed E-state index contributed by atoms with van der Waals surface area (Å²) in [6.45, 7) is 3.10. The molecular formula is C26H26O4S. The van der Waals surface area contributed by atoms with E-state index in [9.17, 15) is 0 Å². The topological polar surface area (TPSA) is 36.9 Å². The molecule has 0 unspecified atom stereocenters. The Morgan fingerprint density at radius 3 is 2.32 bits per heavy atom. The number of thioether (sulfide) groups is 1. The summed E-state index contributed by atoms with van der Waals surface area (Å²) in [4.78, 5) is 1.16. The van der Waals surface area contributed by atoms with Gasteiger partial charge in [-0.2, -0.15) is 0 Å². The van der Waals surface area contributed by atoms with Gasteiger partial charge in [0.15, 0.2) is 6.29 Å². The van der Waals surface area contributed by atoms with Crippen LogP contribution in [-0.2, 0) is 25.6 Å². The second-order valence-corrected chi connectivity index (χ2v) is 9.08. The Labute approximate surface area is 187 Å². The van der Waals surface area contributed by atoms with Crippen molar-refractivity contribution in [2.45, 2.75) is 48.5 Å². The van der Waals surface area contributed by atoms with Gasteiger partial charge in [-0.1, -0.05) is 90.1 Å². The van der Waals surface area contributed by atoms with Crippen LogP contribution in [0.4, 0.5) is 0 Å². The van der Waals surface area contributed by atoms with Gasteiger partial charge in [-0.15, -0.1) is 0 Å². The molecule has 2 aliphatic heterocycles. The zero-order valence-corrected chi connectivity index (χ0v) is 18.2. The van der Waals surface area contributed by atoms with Crippen LogP contribution in [0.25, 0.3) is 0 Å². The first-order valence-electron chi connectivity index (χ1n) is 10.6. The van der Waals surface area contributed by atoms with Gasteiger partial charge in [-0.05, 0) is 24.6 Å². The average molecular weight is 435 g/mol. The molecule has 5 heteroatoms. The molecule has 0 aliphatic carbocycles. The monoisotopic (exact) mass is 434 g/mol. The van der Waals surface area contributed by atoms with Crippen molar-refractivity contribution in [2.24, 2.45) is 0 Å². The first-order valence-corrected chi connectivity index (χ1v) is 11.5. The summed E-state index contributed by atoms with van der Waals surface area (Å²) in [7, 11) is 0. The highest BCUT2D eigenvalue weighted by molar-refractivity contribution is 7.99. The third kappa shape index (κ3) is 4.86. The molecule has 0 radical (unpaired) electrons. The molecule has 0 bridgehead atoms. The van der Waals surface area contributed by atoms with Gasteiger partial charge in [0.1, 0.15) is 23.7 Å². The Balaban J connectivity index is 1.35. The molecule has 2 heterocycles. The molecule has 0 amide bonds. The van der Waals surface area contributed by atoms with Gasteiger partial charge in [-0.25, -0.2) is 0 Å². The number of hydrogen-bond acceptors (Lipinski definition) is 5. The maximum atomic E-state index is 6.42. The summed E-state index contributed by atoms with van der Waals surface area (Å²) in [5.41, 5.74) is 3.22. The molecule has 2 aliphatic rings. The van der Waals surface area contributed by atoms with E-state index in [1.165, 1.54) is 5.56 Å². The highest BCUT2D eigenvalue weighted by Crippen LogP contribution is 2.42. The van der Waals surface area contributed by atoms with Crippen LogP contribution in [0.3, 0.4) is 0 Å². The lowest BCUT2D eigenvalue weighted by Gasteiger charge is -2.33. The van der Waals surface area contributed by atoms with Crippen molar-refractivity contribution in [3.8, 4) is 0 Å². The Morgan fingerprint density at radius 2 is 1.58 bits per heavy atom. The Hall–Kier alpha value is -2.15. The lowest BCUT2D eigenvalue weighted by atomic mass is 10.1. The van der Waals surface area contributed by atoms with Gasteiger partial charge < -0.3 is 18.9 Å². The van der Waals surface area contributed by atoms with Gasteiger partial charge in [0.25, 0.3) is 0 Å². The van der Waals surface area contributed by atoms with Crippen molar-refractivity contribution < 1.29 is 18.9 Å². The molecule has 31 heavy (non-hydrogen) atoms. The zero-order valence-electron chi connectivity index (χ0n) is 17.4. The van der Waals surface area contributed by atoms with Crippen LogP contribution in [0.15, 0.2) is 89.8 Å². The molecular weight excluding hydrogens is 408 g/mol. The quantitative estimate of drug-likeness (QED) is 0.511. The molecule has 2 fully saturated rings. The van der Waals surface area contributed by atoms with Crippen molar-refractivity contribution in [1.82, 2.24) is 0 Å². The largest absolute Gasteiger partial charge is 0.367 e. The Bertz CT molecular complexity index is 964. The van der Waals surface area contributed by atoms with Crippen LogP contribution in [0, 0.1) is 6.92 Å². The number of benzene rings is 3. The van der Waals surface area contributed by atoms with E-state index in [-0.39, 0.29) is 23.7 Å². The number of fused-ring (bicyclic) bond motifs is 1. The van der Waals surface area contributed by atoms with E-state index < -0.39 is 6.29 Å². The predicted molar refractivity (Wildman–Crippen MR) is 121 cm³/mol. The van der Waals surface area contributed by atoms with Gasteiger partial charge in [0.05, 0.1) is 13.2 Å². The molecule has 5 rings (SSSR count). The van der Waals surface area contributed by atoms with E-state index in [1.54, 1.807) is 11.8 Å². The third-order valence-corrected chi connectivity index (χ3v) is 6.75. The third-order valence-electron chi connectivity index (χ3n) is 5.59. The average Bonchev–Trinajstić information content (AvgIpc) is 3.16. The second kappa shape index (κ2) is 9.55. The summed E-state index contributed by atoms with van der Waals surface area (Å²) in [5, 5.41) is 0. The molecule has 160 valence electrons. The maximum absolute atomic E-state index is 6.42. The molecule has 3 aromatic rings. The summed E-state index contributed by atoms with van der Waals surface area (Å²) in [6, 6.07) is 28.8. The lowest BCUT2D eigenvalue weighted by molar-refractivity contribution is -0.255. The number of hydrogen-bond donors (Lipinski definition) is 0. The first-order chi connectivity index (χ1) is 15.3. The summed E-state index contributed by atoms with van der Waals surface area (Å²) in [5.74, 6) is 0. The van der Waals surface area contributed by atoms with E-state index in [0.717, 1.165) is 16.0 Å². The second-order valence-electron chi connectivity index (χ2n) is 7.91. The number of ether oxygens (including phenoxy) is 4. The zero-order chi connectivity index (χ0) is 21.0. The summed E-state index contributed by atoms with van der Waals surface area (Å²) in [6.07, 6.45) is -0.946. The van der Waals surface area contributed by atoms with Crippen molar-refractivity contribution in [3.63, 3.8) is 0 Å². The van der Waals surface area contributed by atoms with Gasteiger partial charge in [-0.3, -0.25) is 0 Å². The molecule has 0 saturated carbocycles. The van der Waals surface area contributed by atoms with Crippen LogP contribution < -0.4 is 0 Å². The van der Waals surface area contributed by atoms with E-state index in [1.807, 2.05) is 48.5 Å². The first kappa shape index (κ1) is 20.7. The van der Waals surface area contributed by atoms with Crippen molar-refractivity contribution >= 4 is 11.8 Å². The molecule has 3 aromatic carbocycles. The molecule has 0 aromatic heterocycles. The molecule has 2 saturated heterocycles. The molecule has 5 atom stereocenters. The maximum Gasteiger partial charge on any atom is 0.184 e. The van der Waals surface area contributed by atoms with Gasteiger partial charge in [0.2, 0.25) is 0 Å². The van der Waals surface area contributed by atoms with Crippen LogP contribution in [0.5, 0.6) is 0 Å². The standard InChI is InChI=1S/C26H26O4S/c1-18-12-14-21(15-13-18)31-26-24(27-16-19-8-4-2-5-9-19)23-22(29-26)17-28-25(30-23)20-10-6-3-7-11-20/h2-15,22-26H,16-17H2,1H3/t22-,23-,24+,25-,26-/m1/s1. The Morgan fingerprint density at radius 1 is 0.871 bits per heavy atom. The number of rotatable bonds is 6. The normalized spacial score (nSPS) is 27.7. The smallest absolute Gasteiger partial charge is 0.184 e.